The molecule has 1 atom stereocenters. The summed E-state index contributed by atoms with van der Waals surface area (Å²) in [5.74, 6) is 1.59. The van der Waals surface area contributed by atoms with Gasteiger partial charge in [0.05, 0.1) is 25.9 Å². The SMILES string of the molecule is COc1ccc(C(=O)NC[C@@H]2CCC3(CCN(C(=O)CC(C)C)CC3)O2)cc1OC. The molecule has 1 spiro atoms. The molecular formula is C23H34N2O5. The topological polar surface area (TPSA) is 77.1 Å². The van der Waals surface area contributed by atoms with E-state index >= 15 is 0 Å². The van der Waals surface area contributed by atoms with Crippen molar-refractivity contribution in [2.24, 2.45) is 5.92 Å². The standard InChI is InChI=1S/C23H34N2O5/c1-16(2)13-21(26)25-11-9-23(10-12-25)8-7-18(30-23)15-24-22(27)17-5-6-19(28-3)20(14-17)29-4/h5-6,14,16,18H,7-13,15H2,1-4H3,(H,24,27)/t18-/m0/s1. The summed E-state index contributed by atoms with van der Waals surface area (Å²) in [4.78, 5) is 26.8. The first-order valence-electron chi connectivity index (χ1n) is 10.8. The molecule has 7 nitrogen and oxygen atoms in total. The minimum atomic E-state index is -0.158. The van der Waals surface area contributed by atoms with Crippen molar-refractivity contribution < 1.29 is 23.8 Å². The Labute approximate surface area is 179 Å². The summed E-state index contributed by atoms with van der Waals surface area (Å²) in [5.41, 5.74) is 0.380. The molecule has 0 unspecified atom stereocenters. The molecule has 1 N–H and O–H groups in total. The third kappa shape index (κ3) is 5.25. The smallest absolute Gasteiger partial charge is 0.251 e. The van der Waals surface area contributed by atoms with Crippen molar-refractivity contribution in [1.29, 1.82) is 0 Å². The van der Waals surface area contributed by atoms with Gasteiger partial charge in [0, 0.05) is 31.6 Å². The first-order chi connectivity index (χ1) is 14.4. The maximum absolute atomic E-state index is 12.5. The van der Waals surface area contributed by atoms with Crippen LogP contribution in [0.25, 0.3) is 0 Å². The summed E-state index contributed by atoms with van der Waals surface area (Å²) in [7, 11) is 3.11. The Balaban J connectivity index is 1.48. The highest BCUT2D eigenvalue weighted by molar-refractivity contribution is 5.94. The van der Waals surface area contributed by atoms with Gasteiger partial charge in [-0.25, -0.2) is 0 Å². The van der Waals surface area contributed by atoms with Gasteiger partial charge in [0.1, 0.15) is 0 Å². The number of nitrogens with zero attached hydrogens (tertiary/aromatic N) is 1. The molecule has 3 rings (SSSR count). The van der Waals surface area contributed by atoms with Crippen LogP contribution in [0.5, 0.6) is 11.5 Å². The number of amides is 2. The molecule has 2 saturated heterocycles. The molecule has 1 aromatic rings. The van der Waals surface area contributed by atoms with Gasteiger partial charge < -0.3 is 24.4 Å². The first-order valence-corrected chi connectivity index (χ1v) is 10.8. The van der Waals surface area contributed by atoms with E-state index in [0.29, 0.717) is 35.9 Å². The lowest BCUT2D eigenvalue weighted by molar-refractivity contribution is -0.138. The number of hydrogen-bond acceptors (Lipinski definition) is 5. The number of rotatable bonds is 7. The molecule has 2 heterocycles. The molecule has 0 bridgehead atoms. The van der Waals surface area contributed by atoms with Gasteiger partial charge in [0.25, 0.3) is 5.91 Å². The molecule has 2 fully saturated rings. The average Bonchev–Trinajstić information content (AvgIpc) is 3.13. The molecule has 0 saturated carbocycles. The van der Waals surface area contributed by atoms with E-state index in [4.69, 9.17) is 14.2 Å². The predicted octanol–water partition coefficient (Wildman–Crippen LogP) is 3.02. The second kappa shape index (κ2) is 9.69. The molecule has 0 aliphatic carbocycles. The number of piperidine rings is 1. The van der Waals surface area contributed by atoms with Crippen molar-refractivity contribution >= 4 is 11.8 Å². The molecule has 30 heavy (non-hydrogen) atoms. The van der Waals surface area contributed by atoms with Crippen molar-refractivity contribution in [2.75, 3.05) is 33.9 Å². The van der Waals surface area contributed by atoms with Gasteiger partial charge in [-0.05, 0) is 49.8 Å². The van der Waals surface area contributed by atoms with Crippen LogP contribution in [0.2, 0.25) is 0 Å². The van der Waals surface area contributed by atoms with Gasteiger partial charge in [-0.3, -0.25) is 9.59 Å². The van der Waals surface area contributed by atoms with Crippen LogP contribution >= 0.6 is 0 Å². The molecule has 2 aliphatic rings. The zero-order valence-electron chi connectivity index (χ0n) is 18.5. The van der Waals surface area contributed by atoms with E-state index in [2.05, 4.69) is 19.2 Å². The van der Waals surface area contributed by atoms with Gasteiger partial charge in [0.2, 0.25) is 5.91 Å². The Bertz CT molecular complexity index is 756. The molecule has 2 aliphatic heterocycles. The van der Waals surface area contributed by atoms with Gasteiger partial charge in [-0.1, -0.05) is 13.8 Å². The molecule has 2 amide bonds. The lowest BCUT2D eigenvalue weighted by Crippen LogP contribution is -2.47. The van der Waals surface area contributed by atoms with Gasteiger partial charge in [0.15, 0.2) is 11.5 Å². The monoisotopic (exact) mass is 418 g/mol. The fourth-order valence-corrected chi connectivity index (χ4v) is 4.34. The summed E-state index contributed by atoms with van der Waals surface area (Å²) in [6, 6.07) is 5.12. The van der Waals surface area contributed by atoms with Crippen molar-refractivity contribution in [1.82, 2.24) is 10.2 Å². The van der Waals surface area contributed by atoms with Crippen LogP contribution in [-0.2, 0) is 9.53 Å². The van der Waals surface area contributed by atoms with Crippen LogP contribution in [0.15, 0.2) is 18.2 Å². The van der Waals surface area contributed by atoms with E-state index in [1.807, 2.05) is 4.90 Å². The number of nitrogens with one attached hydrogen (secondary N) is 1. The molecule has 7 heteroatoms. The van der Waals surface area contributed by atoms with Crippen LogP contribution in [0.3, 0.4) is 0 Å². The summed E-state index contributed by atoms with van der Waals surface area (Å²) in [5, 5.41) is 2.98. The third-order valence-corrected chi connectivity index (χ3v) is 6.08. The van der Waals surface area contributed by atoms with E-state index in [9.17, 15) is 9.59 Å². The van der Waals surface area contributed by atoms with Crippen molar-refractivity contribution in [3.05, 3.63) is 23.8 Å². The first kappa shape index (κ1) is 22.4. The van der Waals surface area contributed by atoms with Crippen molar-refractivity contribution in [3.63, 3.8) is 0 Å². The Morgan fingerprint density at radius 3 is 2.50 bits per heavy atom. The molecular weight excluding hydrogens is 384 g/mol. The van der Waals surface area contributed by atoms with E-state index in [1.54, 1.807) is 32.4 Å². The maximum atomic E-state index is 12.5. The fourth-order valence-electron chi connectivity index (χ4n) is 4.34. The Kier molecular flexibility index (Phi) is 7.23. The van der Waals surface area contributed by atoms with E-state index in [-0.39, 0.29) is 23.5 Å². The lowest BCUT2D eigenvalue weighted by atomic mass is 9.88. The van der Waals surface area contributed by atoms with Crippen LogP contribution in [-0.4, -0.2) is 62.3 Å². The van der Waals surface area contributed by atoms with E-state index in [1.165, 1.54) is 0 Å². The number of benzene rings is 1. The summed E-state index contributed by atoms with van der Waals surface area (Å²) >= 11 is 0. The van der Waals surface area contributed by atoms with Crippen LogP contribution in [0, 0.1) is 5.92 Å². The number of hydrogen-bond donors (Lipinski definition) is 1. The number of ether oxygens (including phenoxy) is 3. The van der Waals surface area contributed by atoms with E-state index in [0.717, 1.165) is 38.8 Å². The van der Waals surface area contributed by atoms with Crippen LogP contribution in [0.1, 0.15) is 56.3 Å². The summed E-state index contributed by atoms with van der Waals surface area (Å²) < 4.78 is 16.9. The van der Waals surface area contributed by atoms with Crippen molar-refractivity contribution in [3.8, 4) is 11.5 Å². The van der Waals surface area contributed by atoms with Crippen LogP contribution in [0.4, 0.5) is 0 Å². The van der Waals surface area contributed by atoms with Gasteiger partial charge in [-0.2, -0.15) is 0 Å². The Hall–Kier alpha value is -2.28. The fraction of sp³-hybridized carbons (Fsp3) is 0.652. The minimum absolute atomic E-state index is 0.00649. The normalized spacial score (nSPS) is 20.4. The highest BCUT2D eigenvalue weighted by Crippen LogP contribution is 2.39. The second-order valence-electron chi connectivity index (χ2n) is 8.72. The second-order valence-corrected chi connectivity index (χ2v) is 8.72. The minimum Gasteiger partial charge on any atom is -0.493 e. The number of methoxy groups -OCH3 is 2. The van der Waals surface area contributed by atoms with Crippen molar-refractivity contribution in [2.45, 2.75) is 57.7 Å². The molecule has 0 aromatic heterocycles. The highest BCUT2D eigenvalue weighted by Gasteiger charge is 2.43. The molecule has 1 aromatic carbocycles. The molecule has 166 valence electrons. The lowest BCUT2D eigenvalue weighted by Gasteiger charge is -2.39. The van der Waals surface area contributed by atoms with Gasteiger partial charge in [-0.15, -0.1) is 0 Å². The summed E-state index contributed by atoms with van der Waals surface area (Å²) in [6.07, 6.45) is 4.27. The quantitative estimate of drug-likeness (QED) is 0.737. The Morgan fingerprint density at radius 1 is 1.17 bits per heavy atom. The Morgan fingerprint density at radius 2 is 1.87 bits per heavy atom. The largest absolute Gasteiger partial charge is 0.493 e. The molecule has 0 radical (unpaired) electrons. The maximum Gasteiger partial charge on any atom is 0.251 e. The third-order valence-electron chi connectivity index (χ3n) is 6.08. The number of likely N-dealkylation sites (tertiary alicyclic amines) is 1. The number of carbonyl (C=O) groups is 2. The van der Waals surface area contributed by atoms with Crippen LogP contribution < -0.4 is 14.8 Å². The predicted molar refractivity (Wildman–Crippen MR) is 114 cm³/mol. The summed E-state index contributed by atoms with van der Waals surface area (Å²) in [6.45, 7) is 6.14. The zero-order chi connectivity index (χ0) is 21.7. The highest BCUT2D eigenvalue weighted by atomic mass is 16.5. The zero-order valence-corrected chi connectivity index (χ0v) is 18.5. The average molecular weight is 419 g/mol. The number of carbonyl (C=O) groups excluding carboxylic acids is 2. The van der Waals surface area contributed by atoms with Gasteiger partial charge >= 0.3 is 0 Å². The van der Waals surface area contributed by atoms with E-state index < -0.39 is 0 Å².